The van der Waals surface area contributed by atoms with Gasteiger partial charge in [-0.15, -0.1) is 0 Å². The van der Waals surface area contributed by atoms with Gasteiger partial charge in [-0.1, -0.05) is 97.4 Å². The Labute approximate surface area is 253 Å². The van der Waals surface area contributed by atoms with Crippen molar-refractivity contribution in [2.75, 3.05) is 17.1 Å². The highest BCUT2D eigenvalue weighted by Gasteiger charge is 2.33. The van der Waals surface area contributed by atoms with Crippen LogP contribution >= 0.6 is 11.6 Å². The first kappa shape index (κ1) is 31.1. The van der Waals surface area contributed by atoms with Gasteiger partial charge in [0.05, 0.1) is 11.9 Å². The van der Waals surface area contributed by atoms with Crippen molar-refractivity contribution in [3.63, 3.8) is 0 Å². The van der Waals surface area contributed by atoms with Crippen molar-refractivity contribution in [2.24, 2.45) is 0 Å². The number of carbonyl (C=O) groups excluding carboxylic acids is 2. The normalized spacial score (nSPS) is 12.9. The van der Waals surface area contributed by atoms with E-state index in [4.69, 9.17) is 11.6 Å². The molecule has 2 amide bonds. The summed E-state index contributed by atoms with van der Waals surface area (Å²) >= 11 is 6.12. The van der Waals surface area contributed by atoms with Crippen molar-refractivity contribution in [3.05, 3.63) is 113 Å². The fraction of sp³-hybridized carbons (Fsp3) is 0.273. The number of sulfonamides is 1. The van der Waals surface area contributed by atoms with Crippen LogP contribution in [0.15, 0.2) is 97.1 Å². The Balaban J connectivity index is 1.78. The summed E-state index contributed by atoms with van der Waals surface area (Å²) in [4.78, 5) is 29.5. The molecule has 1 N–H and O–H groups in total. The van der Waals surface area contributed by atoms with Crippen LogP contribution < -0.4 is 9.62 Å². The molecular weight excluding hydrogens is 570 g/mol. The quantitative estimate of drug-likeness (QED) is 0.221. The zero-order chi connectivity index (χ0) is 30.3. The number of fused-ring (bicyclic) bond motifs is 1. The number of nitrogens with zero attached hydrogens (tertiary/aromatic N) is 2. The predicted molar refractivity (Wildman–Crippen MR) is 170 cm³/mol. The molecule has 0 aromatic heterocycles. The molecule has 9 heteroatoms. The molecule has 0 aliphatic carbocycles. The lowest BCUT2D eigenvalue weighted by molar-refractivity contribution is -0.140. The molecule has 0 aliphatic heterocycles. The first-order chi connectivity index (χ1) is 20.1. The Hall–Kier alpha value is -3.88. The average Bonchev–Trinajstić information content (AvgIpc) is 2.98. The van der Waals surface area contributed by atoms with Crippen molar-refractivity contribution >= 4 is 49.9 Å². The van der Waals surface area contributed by atoms with E-state index in [-0.39, 0.29) is 24.9 Å². The SMILES string of the molecule is CC[C@@H](C)NC(=O)[C@H](Cc1ccccc1)N(Cc1ccc(Cl)cc1)C(=O)CN(c1cccc2ccccc12)S(C)(=O)=O. The molecule has 2 atom stereocenters. The van der Waals surface area contributed by atoms with Crippen molar-refractivity contribution in [2.45, 2.75) is 45.3 Å². The van der Waals surface area contributed by atoms with E-state index in [1.165, 1.54) is 4.90 Å². The van der Waals surface area contributed by atoms with Gasteiger partial charge < -0.3 is 10.2 Å². The van der Waals surface area contributed by atoms with Gasteiger partial charge in [-0.3, -0.25) is 13.9 Å². The predicted octanol–water partition coefficient (Wildman–Crippen LogP) is 5.81. The van der Waals surface area contributed by atoms with Crippen LogP contribution in [-0.4, -0.2) is 50.0 Å². The van der Waals surface area contributed by atoms with E-state index < -0.39 is 28.5 Å². The molecule has 42 heavy (non-hydrogen) atoms. The van der Waals surface area contributed by atoms with Gasteiger partial charge >= 0.3 is 0 Å². The van der Waals surface area contributed by atoms with Crippen LogP contribution in [-0.2, 0) is 32.6 Å². The van der Waals surface area contributed by atoms with E-state index in [1.807, 2.05) is 74.5 Å². The van der Waals surface area contributed by atoms with Gasteiger partial charge in [0.2, 0.25) is 21.8 Å². The second kappa shape index (κ2) is 13.9. The van der Waals surface area contributed by atoms with Gasteiger partial charge in [0.25, 0.3) is 0 Å². The van der Waals surface area contributed by atoms with Gasteiger partial charge in [-0.25, -0.2) is 8.42 Å². The Morgan fingerprint density at radius 1 is 0.857 bits per heavy atom. The molecule has 0 heterocycles. The van der Waals surface area contributed by atoms with Crippen LogP contribution in [0.4, 0.5) is 5.69 Å². The van der Waals surface area contributed by atoms with Gasteiger partial charge in [0, 0.05) is 29.4 Å². The highest BCUT2D eigenvalue weighted by molar-refractivity contribution is 7.92. The van der Waals surface area contributed by atoms with E-state index in [0.717, 1.165) is 33.5 Å². The molecule has 0 saturated heterocycles. The van der Waals surface area contributed by atoms with Crippen LogP contribution in [0.25, 0.3) is 10.8 Å². The average molecular weight is 606 g/mol. The lowest BCUT2D eigenvalue weighted by Gasteiger charge is -2.34. The number of nitrogens with one attached hydrogen (secondary N) is 1. The minimum absolute atomic E-state index is 0.0918. The maximum absolute atomic E-state index is 14.3. The molecule has 0 fully saturated rings. The van der Waals surface area contributed by atoms with Gasteiger partial charge in [0.15, 0.2) is 0 Å². The van der Waals surface area contributed by atoms with Gasteiger partial charge in [-0.05, 0) is 48.1 Å². The smallest absolute Gasteiger partial charge is 0.244 e. The number of amides is 2. The third-order valence-corrected chi connectivity index (χ3v) is 8.63. The second-order valence-electron chi connectivity index (χ2n) is 10.4. The Kier molecular flexibility index (Phi) is 10.2. The summed E-state index contributed by atoms with van der Waals surface area (Å²) in [6, 6.07) is 28.3. The van der Waals surface area contributed by atoms with Crippen LogP contribution in [0.3, 0.4) is 0 Å². The number of halogens is 1. The highest BCUT2D eigenvalue weighted by atomic mass is 35.5. The Bertz CT molecular complexity index is 1620. The molecule has 0 aliphatic rings. The Morgan fingerprint density at radius 2 is 1.50 bits per heavy atom. The number of carbonyl (C=O) groups is 2. The first-order valence-corrected chi connectivity index (χ1v) is 16.1. The van der Waals surface area contributed by atoms with E-state index in [9.17, 15) is 18.0 Å². The third kappa shape index (κ3) is 7.89. The summed E-state index contributed by atoms with van der Waals surface area (Å²) in [5.74, 6) is -0.796. The molecular formula is C33H36ClN3O4S. The minimum atomic E-state index is -3.88. The van der Waals surface area contributed by atoms with Crippen LogP contribution in [0.2, 0.25) is 5.02 Å². The van der Waals surface area contributed by atoms with Crippen LogP contribution in [0.5, 0.6) is 0 Å². The van der Waals surface area contributed by atoms with E-state index in [1.54, 1.807) is 36.4 Å². The lowest BCUT2D eigenvalue weighted by Crippen LogP contribution is -2.54. The molecule has 4 aromatic carbocycles. The van der Waals surface area contributed by atoms with Crippen molar-refractivity contribution < 1.29 is 18.0 Å². The molecule has 0 bridgehead atoms. The summed E-state index contributed by atoms with van der Waals surface area (Å²) in [7, 11) is -3.88. The van der Waals surface area contributed by atoms with Crippen LogP contribution in [0.1, 0.15) is 31.4 Å². The second-order valence-corrected chi connectivity index (χ2v) is 12.8. The fourth-order valence-corrected chi connectivity index (χ4v) is 5.79. The summed E-state index contributed by atoms with van der Waals surface area (Å²) in [6.45, 7) is 3.51. The maximum Gasteiger partial charge on any atom is 0.244 e. The number of hydrogen-bond donors (Lipinski definition) is 1. The summed E-state index contributed by atoms with van der Waals surface area (Å²) in [6.07, 6.45) is 2.07. The van der Waals surface area contributed by atoms with Gasteiger partial charge in [-0.2, -0.15) is 0 Å². The standard InChI is InChI=1S/C33H36ClN3O4S/c1-4-24(2)35-33(39)31(21-25-11-6-5-7-12-25)36(22-26-17-19-28(34)20-18-26)32(38)23-37(42(3,40)41)30-16-10-14-27-13-8-9-15-29(27)30/h5-20,24,31H,4,21-23H2,1-3H3,(H,35,39)/t24-,31+/m1/s1. The summed E-state index contributed by atoms with van der Waals surface area (Å²) in [5, 5.41) is 5.14. The number of benzene rings is 4. The van der Waals surface area contributed by atoms with E-state index in [0.29, 0.717) is 16.1 Å². The molecule has 220 valence electrons. The fourth-order valence-electron chi connectivity index (χ4n) is 4.80. The molecule has 0 radical (unpaired) electrons. The van der Waals surface area contributed by atoms with Crippen molar-refractivity contribution in [1.82, 2.24) is 10.2 Å². The number of hydrogen-bond acceptors (Lipinski definition) is 4. The number of anilines is 1. The topological polar surface area (TPSA) is 86.8 Å². The zero-order valence-electron chi connectivity index (χ0n) is 24.0. The Morgan fingerprint density at radius 3 is 2.17 bits per heavy atom. The van der Waals surface area contributed by atoms with Gasteiger partial charge in [0.1, 0.15) is 12.6 Å². The molecule has 0 spiro atoms. The molecule has 4 rings (SSSR count). The highest BCUT2D eigenvalue weighted by Crippen LogP contribution is 2.29. The summed E-state index contributed by atoms with van der Waals surface area (Å²) in [5.41, 5.74) is 2.04. The maximum atomic E-state index is 14.3. The van der Waals surface area contributed by atoms with E-state index in [2.05, 4.69) is 5.32 Å². The molecule has 0 saturated carbocycles. The minimum Gasteiger partial charge on any atom is -0.352 e. The molecule has 4 aromatic rings. The summed E-state index contributed by atoms with van der Waals surface area (Å²) < 4.78 is 27.5. The number of rotatable bonds is 12. The first-order valence-electron chi connectivity index (χ1n) is 13.9. The van der Waals surface area contributed by atoms with Crippen LogP contribution in [0, 0.1) is 0 Å². The monoisotopic (exact) mass is 605 g/mol. The molecule has 7 nitrogen and oxygen atoms in total. The van der Waals surface area contributed by atoms with Crippen molar-refractivity contribution in [1.29, 1.82) is 0 Å². The largest absolute Gasteiger partial charge is 0.352 e. The third-order valence-electron chi connectivity index (χ3n) is 7.25. The lowest BCUT2D eigenvalue weighted by atomic mass is 10.0. The molecule has 0 unspecified atom stereocenters. The van der Waals surface area contributed by atoms with E-state index >= 15 is 0 Å². The van der Waals surface area contributed by atoms with Crippen molar-refractivity contribution in [3.8, 4) is 0 Å². The zero-order valence-corrected chi connectivity index (χ0v) is 25.6.